The number of esters is 1. The van der Waals surface area contributed by atoms with Gasteiger partial charge in [-0.3, -0.25) is 14.9 Å². The molecule has 23 heavy (non-hydrogen) atoms. The van der Waals surface area contributed by atoms with Gasteiger partial charge in [-0.2, -0.15) is 0 Å². The maximum atomic E-state index is 12.3. The van der Waals surface area contributed by atoms with E-state index in [-0.39, 0.29) is 27.4 Å². The molecule has 1 aromatic carbocycles. The highest BCUT2D eigenvalue weighted by Crippen LogP contribution is 2.32. The second-order valence-electron chi connectivity index (χ2n) is 4.84. The van der Waals surface area contributed by atoms with Gasteiger partial charge in [-0.15, -0.1) is 0 Å². The van der Waals surface area contributed by atoms with Gasteiger partial charge in [0.25, 0.3) is 11.6 Å². The summed E-state index contributed by atoms with van der Waals surface area (Å²) in [5.74, 6) is -1.07. The minimum Gasteiger partial charge on any atom is -0.465 e. The average Bonchev–Trinajstić information content (AvgIpc) is 2.73. The molecular weight excluding hydrogens is 324 g/mol. The van der Waals surface area contributed by atoms with Crippen molar-refractivity contribution in [1.29, 1.82) is 0 Å². The summed E-state index contributed by atoms with van der Waals surface area (Å²) in [6.45, 7) is 1.61. The number of non-ortho nitro benzene ring substituents is 1. The molecule has 0 unspecified atom stereocenters. The number of carbonyl (C=O) groups is 2. The minimum absolute atomic E-state index is 0.0826. The molecule has 1 aromatic rings. The molecule has 8 heteroatoms. The number of ether oxygens (including phenoxy) is 1. The van der Waals surface area contributed by atoms with Crippen molar-refractivity contribution in [2.24, 2.45) is 0 Å². The molecule has 1 aliphatic heterocycles. The summed E-state index contributed by atoms with van der Waals surface area (Å²) < 4.78 is 4.70. The number of allylic oxidation sites excluding steroid dienone is 1. The molecule has 1 heterocycles. The first kappa shape index (κ1) is 16.7. The number of hydrogen-bond acceptors (Lipinski definition) is 5. The Hall–Kier alpha value is -2.67. The average molecular weight is 337 g/mol. The van der Waals surface area contributed by atoms with Crippen LogP contribution < -0.4 is 0 Å². The van der Waals surface area contributed by atoms with Gasteiger partial charge in [-0.05, 0) is 19.1 Å². The van der Waals surface area contributed by atoms with Crippen molar-refractivity contribution >= 4 is 35.2 Å². The maximum absolute atomic E-state index is 12.3. The van der Waals surface area contributed by atoms with Crippen molar-refractivity contribution < 1.29 is 19.2 Å². The third-order valence-electron chi connectivity index (χ3n) is 3.55. The SMILES string of the molecule is COC(=O)C1=C(C)N(C)C(=O)/C1=C\c1cc([N+](=O)[O-])ccc1Cl. The Morgan fingerprint density at radius 3 is 2.65 bits per heavy atom. The van der Waals surface area contributed by atoms with Crippen molar-refractivity contribution in [3.05, 3.63) is 55.7 Å². The van der Waals surface area contributed by atoms with E-state index in [0.717, 1.165) is 0 Å². The smallest absolute Gasteiger partial charge is 0.340 e. The quantitative estimate of drug-likeness (QED) is 0.366. The summed E-state index contributed by atoms with van der Waals surface area (Å²) in [4.78, 5) is 35.9. The van der Waals surface area contributed by atoms with Gasteiger partial charge < -0.3 is 9.64 Å². The van der Waals surface area contributed by atoms with Gasteiger partial charge in [0.1, 0.15) is 0 Å². The van der Waals surface area contributed by atoms with Gasteiger partial charge in [0.15, 0.2) is 0 Å². The zero-order valence-corrected chi connectivity index (χ0v) is 13.4. The zero-order valence-electron chi connectivity index (χ0n) is 12.6. The molecule has 0 aromatic heterocycles. The molecule has 1 aliphatic rings. The van der Waals surface area contributed by atoms with E-state index in [1.807, 2.05) is 0 Å². The number of halogens is 1. The number of likely N-dealkylation sites (N-methyl/N-ethyl adjacent to an activating group) is 1. The topological polar surface area (TPSA) is 89.8 Å². The Kier molecular flexibility index (Phi) is 4.51. The molecule has 1 amide bonds. The van der Waals surface area contributed by atoms with Gasteiger partial charge in [-0.25, -0.2) is 4.79 Å². The second kappa shape index (κ2) is 6.21. The molecule has 0 atom stereocenters. The van der Waals surface area contributed by atoms with E-state index < -0.39 is 16.8 Å². The normalized spacial score (nSPS) is 16.3. The van der Waals surface area contributed by atoms with Crippen LogP contribution in [0.15, 0.2) is 35.0 Å². The van der Waals surface area contributed by atoms with Crippen molar-refractivity contribution in [1.82, 2.24) is 4.90 Å². The first-order valence-corrected chi connectivity index (χ1v) is 6.89. The molecule has 2 rings (SSSR count). The highest BCUT2D eigenvalue weighted by Gasteiger charge is 2.35. The van der Waals surface area contributed by atoms with Gasteiger partial charge >= 0.3 is 5.97 Å². The van der Waals surface area contributed by atoms with Crippen LogP contribution in [0.5, 0.6) is 0 Å². The standard InChI is InChI=1S/C15H13ClN2O5/c1-8-13(15(20)23-3)11(14(19)17(8)2)7-9-6-10(18(21)22)4-5-12(9)16/h4-7H,1-3H3/b11-7-. The van der Waals surface area contributed by atoms with Gasteiger partial charge in [0.2, 0.25) is 0 Å². The van der Waals surface area contributed by atoms with Crippen LogP contribution in [0, 0.1) is 10.1 Å². The van der Waals surface area contributed by atoms with Gasteiger partial charge in [-0.1, -0.05) is 11.6 Å². The molecule has 0 fully saturated rings. The predicted octanol–water partition coefficient (Wildman–Crippen LogP) is 2.55. The van der Waals surface area contributed by atoms with Crippen LogP contribution in [0.4, 0.5) is 5.69 Å². The van der Waals surface area contributed by atoms with Crippen LogP contribution in [-0.2, 0) is 14.3 Å². The monoisotopic (exact) mass is 336 g/mol. The van der Waals surface area contributed by atoms with E-state index in [1.54, 1.807) is 6.92 Å². The van der Waals surface area contributed by atoms with E-state index in [9.17, 15) is 19.7 Å². The van der Waals surface area contributed by atoms with E-state index in [0.29, 0.717) is 5.70 Å². The fourth-order valence-electron chi connectivity index (χ4n) is 2.21. The third-order valence-corrected chi connectivity index (χ3v) is 3.89. The Labute approximate surface area is 136 Å². The van der Waals surface area contributed by atoms with E-state index >= 15 is 0 Å². The summed E-state index contributed by atoms with van der Waals surface area (Å²) >= 11 is 6.04. The molecule has 0 bridgehead atoms. The van der Waals surface area contributed by atoms with Gasteiger partial charge in [0.05, 0.1) is 23.2 Å². The highest BCUT2D eigenvalue weighted by atomic mass is 35.5. The number of nitro benzene ring substituents is 1. The van der Waals surface area contributed by atoms with Crippen LogP contribution >= 0.6 is 11.6 Å². The minimum atomic E-state index is -0.659. The Balaban J connectivity index is 2.61. The molecule has 0 N–H and O–H groups in total. The Bertz CT molecular complexity index is 782. The molecule has 0 aliphatic carbocycles. The number of carbonyl (C=O) groups excluding carboxylic acids is 2. The summed E-state index contributed by atoms with van der Waals surface area (Å²) in [5.41, 5.74) is 0.741. The third kappa shape index (κ3) is 2.95. The number of amides is 1. The largest absolute Gasteiger partial charge is 0.465 e. The van der Waals surface area contributed by atoms with E-state index in [1.165, 1.54) is 43.3 Å². The highest BCUT2D eigenvalue weighted by molar-refractivity contribution is 6.32. The molecular formula is C15H13ClN2O5. The summed E-state index contributed by atoms with van der Waals surface area (Å²) in [6.07, 6.45) is 1.36. The Morgan fingerprint density at radius 2 is 2.09 bits per heavy atom. The molecule has 120 valence electrons. The van der Waals surface area contributed by atoms with Crippen molar-refractivity contribution in [3.63, 3.8) is 0 Å². The Morgan fingerprint density at radius 1 is 1.43 bits per heavy atom. The molecule has 0 saturated carbocycles. The number of benzene rings is 1. The summed E-state index contributed by atoms with van der Waals surface area (Å²) in [6, 6.07) is 3.87. The van der Waals surface area contributed by atoms with Crippen molar-refractivity contribution in [2.75, 3.05) is 14.2 Å². The lowest BCUT2D eigenvalue weighted by molar-refractivity contribution is -0.384. The summed E-state index contributed by atoms with van der Waals surface area (Å²) in [7, 11) is 2.74. The fraction of sp³-hybridized carbons (Fsp3) is 0.200. The lowest BCUT2D eigenvalue weighted by Crippen LogP contribution is -2.19. The number of nitrogens with zero attached hydrogens (tertiary/aromatic N) is 2. The van der Waals surface area contributed by atoms with Crippen LogP contribution in [0.1, 0.15) is 12.5 Å². The molecule has 0 spiro atoms. The maximum Gasteiger partial charge on any atom is 0.340 e. The molecule has 0 saturated heterocycles. The number of hydrogen-bond donors (Lipinski definition) is 0. The first-order chi connectivity index (χ1) is 10.8. The van der Waals surface area contributed by atoms with Crippen LogP contribution in [0.2, 0.25) is 5.02 Å². The lowest BCUT2D eigenvalue weighted by atomic mass is 10.0. The van der Waals surface area contributed by atoms with Crippen LogP contribution in [0.25, 0.3) is 6.08 Å². The fourth-order valence-corrected chi connectivity index (χ4v) is 2.38. The second-order valence-corrected chi connectivity index (χ2v) is 5.24. The molecule has 0 radical (unpaired) electrons. The predicted molar refractivity (Wildman–Crippen MR) is 83.6 cm³/mol. The number of nitro groups is 1. The van der Waals surface area contributed by atoms with E-state index in [2.05, 4.69) is 0 Å². The number of methoxy groups -OCH3 is 1. The van der Waals surface area contributed by atoms with Crippen LogP contribution in [-0.4, -0.2) is 35.9 Å². The molecule has 7 nitrogen and oxygen atoms in total. The number of rotatable bonds is 3. The summed E-state index contributed by atoms with van der Waals surface area (Å²) in [5, 5.41) is 11.1. The van der Waals surface area contributed by atoms with Gasteiger partial charge in [0, 0.05) is 35.5 Å². The van der Waals surface area contributed by atoms with Crippen molar-refractivity contribution in [3.8, 4) is 0 Å². The van der Waals surface area contributed by atoms with Crippen molar-refractivity contribution in [2.45, 2.75) is 6.92 Å². The lowest BCUT2D eigenvalue weighted by Gasteiger charge is -2.08. The first-order valence-electron chi connectivity index (χ1n) is 6.51. The van der Waals surface area contributed by atoms with E-state index in [4.69, 9.17) is 16.3 Å². The zero-order chi connectivity index (χ0) is 17.3. The van der Waals surface area contributed by atoms with Crippen LogP contribution in [0.3, 0.4) is 0 Å².